The minimum Gasteiger partial charge on any atom is -0.308 e. The van der Waals surface area contributed by atoms with E-state index in [1.807, 2.05) is 0 Å². The zero-order valence-electron chi connectivity index (χ0n) is 13.0. The van der Waals surface area contributed by atoms with Gasteiger partial charge in [-0.2, -0.15) is 5.10 Å². The Morgan fingerprint density at radius 3 is 2.74 bits per heavy atom. The molecule has 0 aliphatic heterocycles. The number of carbonyl (C=O) groups is 1. The van der Waals surface area contributed by atoms with Gasteiger partial charge in [-0.05, 0) is 31.0 Å². The molecule has 0 atom stereocenters. The molecule has 2 aromatic rings. The second kappa shape index (κ2) is 6.36. The Balaban J connectivity index is 1.89. The number of benzene rings is 1. The summed E-state index contributed by atoms with van der Waals surface area (Å²) in [5.41, 5.74) is 0.190. The van der Waals surface area contributed by atoms with E-state index in [0.29, 0.717) is 5.69 Å². The van der Waals surface area contributed by atoms with Crippen molar-refractivity contribution in [3.63, 3.8) is 0 Å². The van der Waals surface area contributed by atoms with Crippen LogP contribution in [0.3, 0.4) is 0 Å². The first-order valence-electron chi connectivity index (χ1n) is 7.72. The molecule has 1 aromatic carbocycles. The average Bonchev–Trinajstić information content (AvgIpc) is 3.14. The molecule has 0 spiro atoms. The van der Waals surface area contributed by atoms with Crippen LogP contribution >= 0.6 is 0 Å². The van der Waals surface area contributed by atoms with Gasteiger partial charge in [0, 0.05) is 18.8 Å². The minimum atomic E-state index is -0.381. The third-order valence-corrected chi connectivity index (χ3v) is 4.22. The maximum atomic E-state index is 13.6. The summed E-state index contributed by atoms with van der Waals surface area (Å²) in [5.74, 6) is -0.628. The van der Waals surface area contributed by atoms with Crippen LogP contribution in [0.5, 0.6) is 0 Å². The monoisotopic (exact) mass is 318 g/mol. The predicted octanol–water partition coefficient (Wildman–Crippen LogP) is 1.70. The Morgan fingerprint density at radius 1 is 1.39 bits per heavy atom. The van der Waals surface area contributed by atoms with Crippen LogP contribution in [0.1, 0.15) is 25.7 Å². The van der Waals surface area contributed by atoms with Crippen molar-refractivity contribution >= 4 is 11.6 Å². The Hall–Kier alpha value is -2.44. The molecule has 3 rings (SSSR count). The maximum absolute atomic E-state index is 13.6. The van der Waals surface area contributed by atoms with Crippen LogP contribution in [-0.4, -0.2) is 26.3 Å². The highest BCUT2D eigenvalue weighted by Gasteiger charge is 2.28. The molecule has 1 saturated carbocycles. The highest BCUT2D eigenvalue weighted by Crippen LogP contribution is 2.29. The fourth-order valence-electron chi connectivity index (χ4n) is 3.08. The summed E-state index contributed by atoms with van der Waals surface area (Å²) in [7, 11) is 1.58. The SMILES string of the molecule is Cn1cnn(CC(=O)N(c2cccc(F)c2)C2CCCC2)c1=O. The first-order chi connectivity index (χ1) is 11.1. The average molecular weight is 318 g/mol. The summed E-state index contributed by atoms with van der Waals surface area (Å²) in [6.07, 6.45) is 5.25. The number of carbonyl (C=O) groups excluding carboxylic acids is 1. The van der Waals surface area contributed by atoms with Crippen LogP contribution in [-0.2, 0) is 18.4 Å². The standard InChI is InChI=1S/C16H19FN4O2/c1-19-11-18-20(16(19)23)10-15(22)21(13-6-2-3-7-13)14-8-4-5-12(17)9-14/h4-5,8-9,11,13H,2-3,6-7,10H2,1H3. The lowest BCUT2D eigenvalue weighted by Crippen LogP contribution is -2.42. The number of anilines is 1. The number of hydrogen-bond donors (Lipinski definition) is 0. The van der Waals surface area contributed by atoms with Gasteiger partial charge in [0.15, 0.2) is 0 Å². The van der Waals surface area contributed by atoms with Gasteiger partial charge in [0.05, 0.1) is 0 Å². The van der Waals surface area contributed by atoms with E-state index in [0.717, 1.165) is 30.4 Å². The van der Waals surface area contributed by atoms with Gasteiger partial charge >= 0.3 is 5.69 Å². The van der Waals surface area contributed by atoms with Gasteiger partial charge in [0.1, 0.15) is 18.7 Å². The molecular formula is C16H19FN4O2. The number of nitrogens with zero attached hydrogens (tertiary/aromatic N) is 4. The molecule has 0 N–H and O–H groups in total. The van der Waals surface area contributed by atoms with Crippen LogP contribution in [0.2, 0.25) is 0 Å². The number of amides is 1. The molecule has 0 saturated heterocycles. The summed E-state index contributed by atoms with van der Waals surface area (Å²) in [4.78, 5) is 26.3. The summed E-state index contributed by atoms with van der Waals surface area (Å²) >= 11 is 0. The van der Waals surface area contributed by atoms with Crippen molar-refractivity contribution in [1.29, 1.82) is 0 Å². The van der Waals surface area contributed by atoms with Gasteiger partial charge < -0.3 is 4.90 Å². The second-order valence-electron chi connectivity index (χ2n) is 5.86. The lowest BCUT2D eigenvalue weighted by atomic mass is 10.1. The van der Waals surface area contributed by atoms with Gasteiger partial charge in [0.25, 0.3) is 0 Å². The van der Waals surface area contributed by atoms with Gasteiger partial charge in [-0.1, -0.05) is 18.9 Å². The third-order valence-electron chi connectivity index (χ3n) is 4.22. The van der Waals surface area contributed by atoms with Crippen molar-refractivity contribution in [3.05, 3.63) is 46.9 Å². The molecule has 1 fully saturated rings. The minimum absolute atomic E-state index is 0.0451. The topological polar surface area (TPSA) is 60.1 Å². The first kappa shape index (κ1) is 15.5. The zero-order chi connectivity index (χ0) is 16.4. The van der Waals surface area contributed by atoms with E-state index in [1.54, 1.807) is 24.1 Å². The quantitative estimate of drug-likeness (QED) is 0.862. The van der Waals surface area contributed by atoms with Crippen LogP contribution in [0.4, 0.5) is 10.1 Å². The molecule has 23 heavy (non-hydrogen) atoms. The van der Waals surface area contributed by atoms with E-state index in [2.05, 4.69) is 5.10 Å². The zero-order valence-corrected chi connectivity index (χ0v) is 13.0. The highest BCUT2D eigenvalue weighted by atomic mass is 19.1. The molecule has 0 unspecified atom stereocenters. The van der Waals surface area contributed by atoms with E-state index in [1.165, 1.54) is 23.0 Å². The summed E-state index contributed by atoms with van der Waals surface area (Å²) in [5, 5.41) is 3.92. The molecule has 0 radical (unpaired) electrons. The van der Waals surface area contributed by atoms with Crippen molar-refractivity contribution in [1.82, 2.24) is 14.3 Å². The smallest absolute Gasteiger partial charge is 0.308 e. The van der Waals surface area contributed by atoms with E-state index in [-0.39, 0.29) is 30.0 Å². The van der Waals surface area contributed by atoms with Crippen LogP contribution in [0, 0.1) is 5.82 Å². The molecule has 7 heteroatoms. The molecule has 6 nitrogen and oxygen atoms in total. The fourth-order valence-corrected chi connectivity index (χ4v) is 3.08. The largest absolute Gasteiger partial charge is 0.345 e. The Morgan fingerprint density at radius 2 is 2.13 bits per heavy atom. The van der Waals surface area contributed by atoms with Gasteiger partial charge in [-0.3, -0.25) is 9.36 Å². The second-order valence-corrected chi connectivity index (χ2v) is 5.86. The number of halogens is 1. The lowest BCUT2D eigenvalue weighted by Gasteiger charge is -2.29. The molecular weight excluding hydrogens is 299 g/mol. The van der Waals surface area contributed by atoms with Crippen LogP contribution < -0.4 is 10.6 Å². The third kappa shape index (κ3) is 3.18. The number of aromatic nitrogens is 3. The van der Waals surface area contributed by atoms with Gasteiger partial charge in [-0.15, -0.1) is 0 Å². The Labute approximate surface area is 133 Å². The molecule has 1 heterocycles. The summed E-state index contributed by atoms with van der Waals surface area (Å²) < 4.78 is 16.0. The highest BCUT2D eigenvalue weighted by molar-refractivity contribution is 5.93. The number of aryl methyl sites for hydroxylation is 1. The maximum Gasteiger partial charge on any atom is 0.345 e. The van der Waals surface area contributed by atoms with Crippen LogP contribution in [0.25, 0.3) is 0 Å². The van der Waals surface area contributed by atoms with E-state index in [9.17, 15) is 14.0 Å². The van der Waals surface area contributed by atoms with E-state index < -0.39 is 0 Å². The normalized spacial score (nSPS) is 15.0. The van der Waals surface area contributed by atoms with Crippen molar-refractivity contribution in [3.8, 4) is 0 Å². The molecule has 1 amide bonds. The van der Waals surface area contributed by atoms with Crippen LogP contribution in [0.15, 0.2) is 35.4 Å². The number of rotatable bonds is 4. The molecule has 0 bridgehead atoms. The van der Waals surface area contributed by atoms with Crippen molar-refractivity contribution < 1.29 is 9.18 Å². The van der Waals surface area contributed by atoms with E-state index in [4.69, 9.17) is 0 Å². The Bertz CT molecular complexity index is 761. The summed E-state index contributed by atoms with van der Waals surface area (Å²) in [6.45, 7) is -0.146. The van der Waals surface area contributed by atoms with Gasteiger partial charge in [-0.25, -0.2) is 13.9 Å². The van der Waals surface area contributed by atoms with Crippen molar-refractivity contribution in [2.45, 2.75) is 38.3 Å². The predicted molar refractivity (Wildman–Crippen MR) is 83.6 cm³/mol. The fraction of sp³-hybridized carbons (Fsp3) is 0.438. The molecule has 1 aliphatic rings. The number of hydrogen-bond acceptors (Lipinski definition) is 3. The van der Waals surface area contributed by atoms with Crippen molar-refractivity contribution in [2.24, 2.45) is 7.05 Å². The molecule has 1 aromatic heterocycles. The Kier molecular flexibility index (Phi) is 4.27. The summed E-state index contributed by atoms with van der Waals surface area (Å²) in [6, 6.07) is 6.07. The lowest BCUT2D eigenvalue weighted by molar-refractivity contribution is -0.119. The van der Waals surface area contributed by atoms with Gasteiger partial charge in [0.2, 0.25) is 5.91 Å². The van der Waals surface area contributed by atoms with Crippen molar-refractivity contribution in [2.75, 3.05) is 4.90 Å². The first-order valence-corrected chi connectivity index (χ1v) is 7.72. The van der Waals surface area contributed by atoms with E-state index >= 15 is 0 Å². The molecule has 122 valence electrons. The molecule has 1 aliphatic carbocycles.